The summed E-state index contributed by atoms with van der Waals surface area (Å²) < 4.78 is 34.7. The number of aryl methyl sites for hydroxylation is 1. The van der Waals surface area contributed by atoms with Gasteiger partial charge in [0.05, 0.1) is 11.3 Å². The van der Waals surface area contributed by atoms with E-state index in [1.54, 1.807) is 13.0 Å². The van der Waals surface area contributed by atoms with E-state index in [2.05, 4.69) is 0 Å². The van der Waals surface area contributed by atoms with E-state index in [1.807, 2.05) is 0 Å². The number of carboxylic acid groups (broad SMARTS) is 1. The first-order valence-corrected chi connectivity index (χ1v) is 7.22. The molecule has 0 saturated carbocycles. The first-order chi connectivity index (χ1) is 9.20. The molecule has 1 aromatic rings. The molecule has 8 heteroatoms. The highest BCUT2D eigenvalue weighted by Crippen LogP contribution is 2.29. The molecule has 20 heavy (non-hydrogen) atoms. The minimum atomic E-state index is -4.83. The summed E-state index contributed by atoms with van der Waals surface area (Å²) in [7, 11) is -4.83. The Hall–Kier alpha value is -1.96. The van der Waals surface area contributed by atoms with Gasteiger partial charge in [-0.25, -0.2) is 4.79 Å². The number of benzene rings is 1. The van der Waals surface area contributed by atoms with E-state index in [0.717, 1.165) is 4.90 Å². The van der Waals surface area contributed by atoms with Gasteiger partial charge in [-0.2, -0.15) is 8.42 Å². The predicted octanol–water partition coefficient (Wildman–Crippen LogP) is 1.10. The van der Waals surface area contributed by atoms with Crippen LogP contribution in [0.4, 0.5) is 9.57 Å². The third-order valence-electron chi connectivity index (χ3n) is 3.16. The van der Waals surface area contributed by atoms with Crippen LogP contribution in [-0.2, 0) is 15.0 Å². The molecule has 1 unspecified atom stereocenters. The summed E-state index contributed by atoms with van der Waals surface area (Å²) in [4.78, 5) is 24.0. The monoisotopic (exact) mass is 301 g/mol. The van der Waals surface area contributed by atoms with Crippen LogP contribution in [-0.4, -0.2) is 37.2 Å². The van der Waals surface area contributed by atoms with Gasteiger partial charge in [0.15, 0.2) is 0 Å². The molecule has 0 aliphatic carbocycles. The second-order valence-electron chi connectivity index (χ2n) is 4.63. The molecule has 1 fully saturated rings. The lowest BCUT2D eigenvalue weighted by Crippen LogP contribution is -2.28. The first kappa shape index (κ1) is 14.4. The number of hydrogen-bond acceptors (Lipinski definition) is 4. The van der Waals surface area contributed by atoms with E-state index in [0.29, 0.717) is 5.56 Å². The molecule has 0 bridgehead atoms. The average molecular weight is 301 g/mol. The smallest absolute Gasteiger partial charge is 0.337 e. The van der Waals surface area contributed by atoms with Gasteiger partial charge in [-0.15, -0.1) is 3.89 Å². The van der Waals surface area contributed by atoms with Crippen molar-refractivity contribution in [3.05, 3.63) is 29.3 Å². The van der Waals surface area contributed by atoms with E-state index in [1.165, 1.54) is 12.1 Å². The maximum atomic E-state index is 13.0. The number of carbonyl (C=O) groups excluding carboxylic acids is 1. The molecule has 1 N–H and O–H groups in total. The van der Waals surface area contributed by atoms with Crippen molar-refractivity contribution < 1.29 is 27.0 Å². The lowest BCUT2D eigenvalue weighted by molar-refractivity contribution is -0.117. The van der Waals surface area contributed by atoms with Gasteiger partial charge in [0.1, 0.15) is 5.25 Å². The molecule has 1 aliphatic rings. The molecule has 0 radical (unpaired) electrons. The first-order valence-electron chi connectivity index (χ1n) is 5.78. The minimum Gasteiger partial charge on any atom is -0.478 e. The summed E-state index contributed by atoms with van der Waals surface area (Å²) in [6.07, 6.45) is -0.480. The van der Waals surface area contributed by atoms with Crippen LogP contribution in [0.3, 0.4) is 0 Å². The van der Waals surface area contributed by atoms with Crippen LogP contribution < -0.4 is 4.90 Å². The second-order valence-corrected chi connectivity index (χ2v) is 6.25. The van der Waals surface area contributed by atoms with Gasteiger partial charge in [-0.1, -0.05) is 6.07 Å². The molecule has 1 aromatic carbocycles. The Morgan fingerprint density at radius 3 is 2.60 bits per heavy atom. The highest BCUT2D eigenvalue weighted by Gasteiger charge is 2.40. The fourth-order valence-electron chi connectivity index (χ4n) is 2.14. The third-order valence-corrected chi connectivity index (χ3v) is 4.27. The Morgan fingerprint density at radius 1 is 1.45 bits per heavy atom. The number of amides is 1. The fourth-order valence-corrected chi connectivity index (χ4v) is 2.81. The predicted molar refractivity (Wildman–Crippen MR) is 68.9 cm³/mol. The SMILES string of the molecule is Cc1ccc(C(=O)O)c(N2CC(S(=O)(=O)F)CC2=O)c1. The zero-order chi connectivity index (χ0) is 15.1. The zero-order valence-corrected chi connectivity index (χ0v) is 11.4. The number of hydrogen-bond donors (Lipinski definition) is 1. The summed E-state index contributed by atoms with van der Waals surface area (Å²) >= 11 is 0. The number of carboxylic acids is 1. The number of rotatable bonds is 3. The third kappa shape index (κ3) is 2.64. The Kier molecular flexibility index (Phi) is 3.51. The van der Waals surface area contributed by atoms with Gasteiger partial charge in [-0.3, -0.25) is 4.79 Å². The fraction of sp³-hybridized carbons (Fsp3) is 0.333. The van der Waals surface area contributed by atoms with E-state index in [9.17, 15) is 21.9 Å². The van der Waals surface area contributed by atoms with Crippen molar-refractivity contribution in [2.45, 2.75) is 18.6 Å². The average Bonchev–Trinajstić information content (AvgIpc) is 2.70. The summed E-state index contributed by atoms with van der Waals surface area (Å²) in [5.74, 6) is -1.84. The van der Waals surface area contributed by atoms with Crippen LogP contribution in [0.15, 0.2) is 18.2 Å². The summed E-state index contributed by atoms with van der Waals surface area (Å²) in [5, 5.41) is 7.65. The van der Waals surface area contributed by atoms with E-state index < -0.39 is 33.8 Å². The van der Waals surface area contributed by atoms with Crippen molar-refractivity contribution in [3.63, 3.8) is 0 Å². The number of nitrogens with zero attached hydrogens (tertiary/aromatic N) is 1. The molecule has 108 valence electrons. The maximum Gasteiger partial charge on any atom is 0.337 e. The van der Waals surface area contributed by atoms with Crippen molar-refractivity contribution in [2.75, 3.05) is 11.4 Å². The number of anilines is 1. The Labute approximate surface area is 115 Å². The molecule has 0 spiro atoms. The molecule has 2 rings (SSSR count). The number of aromatic carboxylic acids is 1. The summed E-state index contributed by atoms with van der Waals surface area (Å²) in [6.45, 7) is 1.33. The Morgan fingerprint density at radius 2 is 2.10 bits per heavy atom. The summed E-state index contributed by atoms with van der Waals surface area (Å²) in [6, 6.07) is 4.36. The van der Waals surface area contributed by atoms with Crippen molar-refractivity contribution in [2.24, 2.45) is 0 Å². The number of halogens is 1. The van der Waals surface area contributed by atoms with Gasteiger partial charge in [-0.05, 0) is 24.6 Å². The highest BCUT2D eigenvalue weighted by atomic mass is 32.3. The van der Waals surface area contributed by atoms with Crippen molar-refractivity contribution >= 4 is 27.8 Å². The van der Waals surface area contributed by atoms with Crippen LogP contribution >= 0.6 is 0 Å². The van der Waals surface area contributed by atoms with Gasteiger partial charge >= 0.3 is 16.2 Å². The molecule has 1 amide bonds. The second kappa shape index (κ2) is 4.86. The lowest BCUT2D eigenvalue weighted by Gasteiger charge is -2.19. The molecule has 6 nitrogen and oxygen atoms in total. The standard InChI is InChI=1S/C12H12FNO5S/c1-7-2-3-9(12(16)17)10(4-7)14-6-8(5-11(14)15)20(13,18)19/h2-4,8H,5-6H2,1H3,(H,16,17). The topological polar surface area (TPSA) is 91.8 Å². The van der Waals surface area contributed by atoms with Gasteiger partial charge in [0.2, 0.25) is 5.91 Å². The van der Waals surface area contributed by atoms with E-state index in [-0.39, 0.29) is 17.8 Å². The lowest BCUT2D eigenvalue weighted by atomic mass is 10.1. The van der Waals surface area contributed by atoms with E-state index in [4.69, 9.17) is 5.11 Å². The highest BCUT2D eigenvalue weighted by molar-refractivity contribution is 7.87. The molecule has 0 aromatic heterocycles. The van der Waals surface area contributed by atoms with Crippen molar-refractivity contribution in [1.82, 2.24) is 0 Å². The quantitative estimate of drug-likeness (QED) is 0.844. The Bertz CT molecular complexity index is 685. The van der Waals surface area contributed by atoms with Crippen molar-refractivity contribution in [1.29, 1.82) is 0 Å². The van der Waals surface area contributed by atoms with Crippen LogP contribution in [0.5, 0.6) is 0 Å². The summed E-state index contributed by atoms with van der Waals surface area (Å²) in [5.41, 5.74) is 0.680. The molecule has 1 heterocycles. The molecule has 1 saturated heterocycles. The minimum absolute atomic E-state index is 0.0913. The number of carbonyl (C=O) groups is 2. The maximum absolute atomic E-state index is 13.0. The van der Waals surface area contributed by atoms with Crippen LogP contribution in [0, 0.1) is 6.92 Å². The normalized spacial score (nSPS) is 19.4. The van der Waals surface area contributed by atoms with Crippen LogP contribution in [0.1, 0.15) is 22.3 Å². The zero-order valence-electron chi connectivity index (χ0n) is 10.5. The molecular weight excluding hydrogens is 289 g/mol. The van der Waals surface area contributed by atoms with Gasteiger partial charge in [0.25, 0.3) is 0 Å². The molecule has 1 atom stereocenters. The molecular formula is C12H12FNO5S. The van der Waals surface area contributed by atoms with Crippen LogP contribution in [0.25, 0.3) is 0 Å². The van der Waals surface area contributed by atoms with Crippen molar-refractivity contribution in [3.8, 4) is 0 Å². The Balaban J connectivity index is 2.45. The van der Waals surface area contributed by atoms with E-state index >= 15 is 0 Å². The van der Waals surface area contributed by atoms with Crippen LogP contribution in [0.2, 0.25) is 0 Å². The molecule has 1 aliphatic heterocycles. The van der Waals surface area contributed by atoms with Gasteiger partial charge < -0.3 is 10.0 Å². The largest absolute Gasteiger partial charge is 0.478 e. The van der Waals surface area contributed by atoms with Gasteiger partial charge in [0, 0.05) is 13.0 Å².